The molecule has 2 aliphatic heterocycles. The van der Waals surface area contributed by atoms with Crippen LogP contribution in [-0.2, 0) is 10.0 Å². The topological polar surface area (TPSA) is 69.7 Å². The van der Waals surface area contributed by atoms with Crippen molar-refractivity contribution in [3.8, 4) is 0 Å². The average molecular weight is 448 g/mol. The molecular formula is C24H37N3O3S. The van der Waals surface area contributed by atoms with E-state index in [4.69, 9.17) is 0 Å². The van der Waals surface area contributed by atoms with Gasteiger partial charge in [-0.3, -0.25) is 9.69 Å². The van der Waals surface area contributed by atoms with E-state index in [0.717, 1.165) is 38.9 Å². The second-order valence-corrected chi connectivity index (χ2v) is 11.6. The number of nitrogens with one attached hydrogen (secondary N) is 1. The highest BCUT2D eigenvalue weighted by molar-refractivity contribution is 7.89. The summed E-state index contributed by atoms with van der Waals surface area (Å²) in [7, 11) is -3.60. The van der Waals surface area contributed by atoms with E-state index >= 15 is 0 Å². The first-order valence-corrected chi connectivity index (χ1v) is 12.9. The van der Waals surface area contributed by atoms with Crippen molar-refractivity contribution in [3.05, 3.63) is 41.5 Å². The molecule has 0 bridgehead atoms. The van der Waals surface area contributed by atoms with Gasteiger partial charge < -0.3 is 5.32 Å². The molecule has 2 heterocycles. The van der Waals surface area contributed by atoms with Gasteiger partial charge in [-0.05, 0) is 63.1 Å². The number of nitrogens with zero attached hydrogens (tertiary/aromatic N) is 2. The third kappa shape index (κ3) is 6.40. The summed E-state index contributed by atoms with van der Waals surface area (Å²) in [6, 6.07) is 6.61. The second-order valence-electron chi connectivity index (χ2n) is 9.63. The van der Waals surface area contributed by atoms with Crippen molar-refractivity contribution < 1.29 is 13.2 Å². The minimum absolute atomic E-state index is 0.125. The molecule has 2 atom stereocenters. The second kappa shape index (κ2) is 10.3. The highest BCUT2D eigenvalue weighted by atomic mass is 32.2. The van der Waals surface area contributed by atoms with Gasteiger partial charge in [0.25, 0.3) is 5.91 Å². The van der Waals surface area contributed by atoms with Gasteiger partial charge in [0.1, 0.15) is 0 Å². The quantitative estimate of drug-likeness (QED) is 0.678. The third-order valence-electron chi connectivity index (χ3n) is 6.25. The van der Waals surface area contributed by atoms with Crippen LogP contribution in [0.5, 0.6) is 0 Å². The average Bonchev–Trinajstić information content (AvgIpc) is 2.72. The van der Waals surface area contributed by atoms with Gasteiger partial charge in [-0.2, -0.15) is 4.31 Å². The molecule has 0 spiro atoms. The van der Waals surface area contributed by atoms with Gasteiger partial charge in [0.2, 0.25) is 10.0 Å². The van der Waals surface area contributed by atoms with E-state index in [-0.39, 0.29) is 16.8 Å². The number of carbonyl (C=O) groups excluding carboxylic acids is 1. The summed E-state index contributed by atoms with van der Waals surface area (Å²) < 4.78 is 27.9. The Kier molecular flexibility index (Phi) is 7.94. The van der Waals surface area contributed by atoms with Crippen LogP contribution in [0.2, 0.25) is 0 Å². The number of amides is 1. The van der Waals surface area contributed by atoms with Gasteiger partial charge in [0.05, 0.1) is 4.90 Å². The van der Waals surface area contributed by atoms with Crippen LogP contribution in [0.1, 0.15) is 57.3 Å². The Labute approximate surface area is 187 Å². The molecule has 0 aliphatic carbocycles. The predicted molar refractivity (Wildman–Crippen MR) is 125 cm³/mol. The molecule has 2 saturated heterocycles. The van der Waals surface area contributed by atoms with Crippen molar-refractivity contribution in [2.45, 2.75) is 57.9 Å². The number of carbonyl (C=O) groups is 1. The van der Waals surface area contributed by atoms with E-state index in [0.29, 0.717) is 30.5 Å². The fourth-order valence-electron chi connectivity index (χ4n) is 4.59. The van der Waals surface area contributed by atoms with Crippen molar-refractivity contribution in [2.24, 2.45) is 11.8 Å². The Morgan fingerprint density at radius 1 is 1.13 bits per heavy atom. The Bertz CT molecular complexity index is 890. The normalized spacial score (nSPS) is 24.0. The third-order valence-corrected chi connectivity index (χ3v) is 8.08. The molecule has 1 aromatic carbocycles. The number of likely N-dealkylation sites (tertiary alicyclic amines) is 1. The summed E-state index contributed by atoms with van der Waals surface area (Å²) in [4.78, 5) is 15.4. The van der Waals surface area contributed by atoms with Gasteiger partial charge >= 0.3 is 0 Å². The molecule has 172 valence electrons. The summed E-state index contributed by atoms with van der Waals surface area (Å²) >= 11 is 0. The fourth-order valence-corrected chi connectivity index (χ4v) is 6.32. The molecule has 7 heteroatoms. The highest BCUT2D eigenvalue weighted by Crippen LogP contribution is 2.27. The molecule has 31 heavy (non-hydrogen) atoms. The summed E-state index contributed by atoms with van der Waals surface area (Å²) in [5.41, 5.74) is 1.73. The van der Waals surface area contributed by atoms with Gasteiger partial charge in [-0.1, -0.05) is 31.6 Å². The minimum atomic E-state index is -3.60. The van der Waals surface area contributed by atoms with Crippen LogP contribution in [-0.4, -0.2) is 62.3 Å². The number of benzene rings is 1. The maximum Gasteiger partial charge on any atom is 0.251 e. The van der Waals surface area contributed by atoms with Gasteiger partial charge in [-0.25, -0.2) is 8.42 Å². The zero-order chi connectivity index (χ0) is 22.6. The zero-order valence-electron chi connectivity index (χ0n) is 19.3. The van der Waals surface area contributed by atoms with Crippen molar-refractivity contribution in [1.82, 2.24) is 14.5 Å². The molecular weight excluding hydrogens is 410 g/mol. The van der Waals surface area contributed by atoms with Crippen molar-refractivity contribution in [3.63, 3.8) is 0 Å². The van der Waals surface area contributed by atoms with E-state index in [1.807, 2.05) is 0 Å². The van der Waals surface area contributed by atoms with Crippen LogP contribution in [0.15, 0.2) is 40.8 Å². The molecule has 1 N–H and O–H groups in total. The summed E-state index contributed by atoms with van der Waals surface area (Å²) in [6.45, 7) is 12.3. The zero-order valence-corrected chi connectivity index (χ0v) is 20.1. The molecule has 2 unspecified atom stereocenters. The number of sulfonamides is 1. The first kappa shape index (κ1) is 24.0. The first-order chi connectivity index (χ1) is 14.6. The summed E-state index contributed by atoms with van der Waals surface area (Å²) in [6.07, 6.45) is 5.09. The largest absolute Gasteiger partial charge is 0.349 e. The molecule has 2 aliphatic rings. The predicted octanol–water partition coefficient (Wildman–Crippen LogP) is 3.51. The lowest BCUT2D eigenvalue weighted by atomic mass is 9.94. The van der Waals surface area contributed by atoms with Crippen LogP contribution < -0.4 is 5.32 Å². The molecule has 0 aromatic heterocycles. The molecule has 1 aromatic rings. The Morgan fingerprint density at radius 2 is 1.77 bits per heavy atom. The van der Waals surface area contributed by atoms with Crippen LogP contribution in [0, 0.1) is 11.8 Å². The molecule has 6 nitrogen and oxygen atoms in total. The summed E-state index contributed by atoms with van der Waals surface area (Å²) in [5, 5.41) is 3.10. The smallest absolute Gasteiger partial charge is 0.251 e. The summed E-state index contributed by atoms with van der Waals surface area (Å²) in [5.74, 6) is 0.486. The Morgan fingerprint density at radius 3 is 2.39 bits per heavy atom. The van der Waals surface area contributed by atoms with Crippen LogP contribution in [0.3, 0.4) is 0 Å². The van der Waals surface area contributed by atoms with Crippen molar-refractivity contribution in [2.75, 3.05) is 32.7 Å². The van der Waals surface area contributed by atoms with E-state index in [1.54, 1.807) is 22.5 Å². The van der Waals surface area contributed by atoms with Crippen molar-refractivity contribution in [1.29, 1.82) is 0 Å². The fraction of sp³-hybridized carbons (Fsp3) is 0.625. The Balaban J connectivity index is 1.62. The molecule has 3 rings (SSSR count). The highest BCUT2D eigenvalue weighted by Gasteiger charge is 2.32. The number of piperidine rings is 2. The first-order valence-electron chi connectivity index (χ1n) is 11.4. The lowest BCUT2D eigenvalue weighted by molar-refractivity contribution is 0.0914. The minimum Gasteiger partial charge on any atom is -0.349 e. The van der Waals surface area contributed by atoms with Crippen molar-refractivity contribution >= 4 is 15.9 Å². The SMILES string of the molecule is CC(C)=CCN1CCC(NC(=O)c2cccc(S(=O)(=O)N3CC(C)CC(C)C3)c2)CC1. The molecule has 2 fully saturated rings. The molecule has 0 radical (unpaired) electrons. The van der Waals surface area contributed by atoms with Gasteiger partial charge in [-0.15, -0.1) is 0 Å². The Hall–Kier alpha value is -1.70. The number of rotatable bonds is 6. The number of hydrogen-bond donors (Lipinski definition) is 1. The van der Waals surface area contributed by atoms with Crippen LogP contribution >= 0.6 is 0 Å². The van der Waals surface area contributed by atoms with E-state index in [2.05, 4.69) is 44.0 Å². The maximum atomic E-state index is 13.2. The van der Waals surface area contributed by atoms with E-state index in [9.17, 15) is 13.2 Å². The standard InChI is InChI=1S/C24H37N3O3S/c1-18(2)8-11-26-12-9-22(10-13-26)25-24(28)21-6-5-7-23(15-21)31(29,30)27-16-19(3)14-20(4)17-27/h5-8,15,19-20,22H,9-14,16-17H2,1-4H3,(H,25,28). The van der Waals surface area contributed by atoms with Crippen LogP contribution in [0.25, 0.3) is 0 Å². The monoisotopic (exact) mass is 447 g/mol. The van der Waals surface area contributed by atoms with Crippen LogP contribution in [0.4, 0.5) is 0 Å². The van der Waals surface area contributed by atoms with E-state index < -0.39 is 10.0 Å². The lowest BCUT2D eigenvalue weighted by Gasteiger charge is -2.34. The maximum absolute atomic E-state index is 13.2. The van der Waals surface area contributed by atoms with E-state index in [1.165, 1.54) is 11.6 Å². The van der Waals surface area contributed by atoms with Gasteiger partial charge in [0, 0.05) is 44.3 Å². The number of hydrogen-bond acceptors (Lipinski definition) is 4. The lowest BCUT2D eigenvalue weighted by Crippen LogP contribution is -2.44. The van der Waals surface area contributed by atoms with Gasteiger partial charge in [0.15, 0.2) is 0 Å². The molecule has 1 amide bonds. The number of allylic oxidation sites excluding steroid dienone is 1. The molecule has 0 saturated carbocycles.